The average Bonchev–Trinajstić information content (AvgIpc) is 3.14. The van der Waals surface area contributed by atoms with Crippen LogP contribution in [0.5, 0.6) is 0 Å². The number of aromatic nitrogens is 3. The normalized spacial score (nSPS) is 19.9. The SMILES string of the molecule is Cc1cc(Nc2ncn(-c3cc(F)cc(F)c3)n2)cc([C@@H]2CN(C3COC3)CCO2)c1.[HH]. The van der Waals surface area contributed by atoms with Crippen molar-refractivity contribution in [2.45, 2.75) is 19.1 Å². The largest absolute Gasteiger partial charge is 0.378 e. The Labute approximate surface area is 180 Å². The summed E-state index contributed by atoms with van der Waals surface area (Å²) < 4.78 is 39.7. The molecule has 2 fully saturated rings. The molecule has 1 N–H and O–H groups in total. The number of ether oxygens (including phenoxy) is 2. The van der Waals surface area contributed by atoms with Crippen molar-refractivity contribution in [3.8, 4) is 5.69 Å². The molecule has 0 amide bonds. The predicted octanol–water partition coefficient (Wildman–Crippen LogP) is 3.62. The van der Waals surface area contributed by atoms with Gasteiger partial charge < -0.3 is 14.8 Å². The third-order valence-corrected chi connectivity index (χ3v) is 5.57. The standard InChI is InChI=1S/C22H23F2N5O2.H2/c1-14-4-15(21-10-28(2-3-31-21)20-11-30-12-20)6-18(5-14)26-22-25-13-29(27-22)19-8-16(23)7-17(24)9-19;/h4-9,13,20-21H,2-3,10-12H2,1H3,(H,26,27);1H/t21-;/m0./s1. The van der Waals surface area contributed by atoms with Gasteiger partial charge in [0.15, 0.2) is 0 Å². The average molecular weight is 429 g/mol. The number of anilines is 2. The van der Waals surface area contributed by atoms with Crippen molar-refractivity contribution in [3.05, 3.63) is 65.5 Å². The molecule has 0 aliphatic carbocycles. The van der Waals surface area contributed by atoms with E-state index in [1.165, 1.54) is 23.1 Å². The Balaban J connectivity index is 0.00000245. The Bertz CT molecular complexity index is 1070. The van der Waals surface area contributed by atoms with Crippen LogP contribution in [0.4, 0.5) is 20.4 Å². The zero-order valence-electron chi connectivity index (χ0n) is 17.1. The van der Waals surface area contributed by atoms with Crippen LogP contribution in [-0.2, 0) is 9.47 Å². The van der Waals surface area contributed by atoms with Crippen molar-refractivity contribution < 1.29 is 19.7 Å². The molecule has 2 saturated heterocycles. The smallest absolute Gasteiger partial charge is 0.246 e. The minimum absolute atomic E-state index is 0. The van der Waals surface area contributed by atoms with Gasteiger partial charge in [0.2, 0.25) is 5.95 Å². The highest BCUT2D eigenvalue weighted by atomic mass is 19.1. The highest BCUT2D eigenvalue weighted by Gasteiger charge is 2.31. The minimum Gasteiger partial charge on any atom is -0.378 e. The summed E-state index contributed by atoms with van der Waals surface area (Å²) in [5.41, 5.74) is 3.25. The van der Waals surface area contributed by atoms with Gasteiger partial charge in [-0.2, -0.15) is 4.98 Å². The van der Waals surface area contributed by atoms with Crippen LogP contribution in [0.1, 0.15) is 18.7 Å². The molecule has 2 aliphatic heterocycles. The van der Waals surface area contributed by atoms with E-state index < -0.39 is 11.6 Å². The van der Waals surface area contributed by atoms with Crippen LogP contribution in [-0.4, -0.2) is 58.6 Å². The number of aryl methyl sites for hydroxylation is 1. The third-order valence-electron chi connectivity index (χ3n) is 5.57. The Kier molecular flexibility index (Phi) is 5.39. The molecule has 3 heterocycles. The van der Waals surface area contributed by atoms with Gasteiger partial charge in [0.25, 0.3) is 0 Å². The van der Waals surface area contributed by atoms with Crippen molar-refractivity contribution in [1.29, 1.82) is 0 Å². The molecule has 2 aromatic carbocycles. The molecule has 9 heteroatoms. The van der Waals surface area contributed by atoms with Gasteiger partial charge in [0.1, 0.15) is 18.0 Å². The molecule has 0 radical (unpaired) electrons. The quantitative estimate of drug-likeness (QED) is 0.669. The molecule has 2 aliphatic rings. The molecule has 0 spiro atoms. The highest BCUT2D eigenvalue weighted by molar-refractivity contribution is 5.56. The fourth-order valence-electron chi connectivity index (χ4n) is 3.95. The van der Waals surface area contributed by atoms with Gasteiger partial charge in [-0.25, -0.2) is 13.5 Å². The second-order valence-corrected chi connectivity index (χ2v) is 7.94. The molecule has 164 valence electrons. The number of nitrogens with one attached hydrogen (secondary N) is 1. The maximum absolute atomic E-state index is 13.5. The van der Waals surface area contributed by atoms with Crippen molar-refractivity contribution in [1.82, 2.24) is 19.7 Å². The summed E-state index contributed by atoms with van der Waals surface area (Å²) in [4.78, 5) is 6.64. The van der Waals surface area contributed by atoms with Crippen LogP contribution in [0.2, 0.25) is 0 Å². The summed E-state index contributed by atoms with van der Waals surface area (Å²) in [5, 5.41) is 7.47. The Morgan fingerprint density at radius 2 is 1.90 bits per heavy atom. The Hall–Kier alpha value is -2.88. The van der Waals surface area contributed by atoms with Gasteiger partial charge in [-0.15, -0.1) is 5.10 Å². The predicted molar refractivity (Wildman–Crippen MR) is 113 cm³/mol. The third kappa shape index (κ3) is 4.43. The second kappa shape index (κ2) is 8.33. The van der Waals surface area contributed by atoms with Crippen molar-refractivity contribution in [2.24, 2.45) is 0 Å². The number of hydrogen-bond acceptors (Lipinski definition) is 6. The van der Waals surface area contributed by atoms with Crippen LogP contribution >= 0.6 is 0 Å². The molecule has 1 atom stereocenters. The maximum Gasteiger partial charge on any atom is 0.246 e. The number of rotatable bonds is 5. The molecule has 3 aromatic rings. The minimum atomic E-state index is -0.668. The lowest BCUT2D eigenvalue weighted by molar-refractivity contribution is -0.115. The lowest BCUT2D eigenvalue weighted by Gasteiger charge is -2.42. The summed E-state index contributed by atoms with van der Waals surface area (Å²) in [7, 11) is 0. The lowest BCUT2D eigenvalue weighted by atomic mass is 10.0. The monoisotopic (exact) mass is 429 g/mol. The fraction of sp³-hybridized carbons (Fsp3) is 0.364. The number of hydrogen-bond donors (Lipinski definition) is 1. The summed E-state index contributed by atoms with van der Waals surface area (Å²) >= 11 is 0. The van der Waals surface area contributed by atoms with Crippen LogP contribution in [0.25, 0.3) is 5.69 Å². The van der Waals surface area contributed by atoms with E-state index in [-0.39, 0.29) is 13.2 Å². The molecular weight excluding hydrogens is 404 g/mol. The molecule has 1 aromatic heterocycles. The summed E-state index contributed by atoms with van der Waals surface area (Å²) in [6.07, 6.45) is 1.39. The maximum atomic E-state index is 13.5. The van der Waals surface area contributed by atoms with Gasteiger partial charge >= 0.3 is 0 Å². The second-order valence-electron chi connectivity index (χ2n) is 7.94. The van der Waals surface area contributed by atoms with Gasteiger partial charge in [-0.3, -0.25) is 4.90 Å². The van der Waals surface area contributed by atoms with Gasteiger partial charge in [-0.1, -0.05) is 6.07 Å². The molecule has 7 nitrogen and oxygen atoms in total. The molecule has 31 heavy (non-hydrogen) atoms. The first-order chi connectivity index (χ1) is 15.0. The highest BCUT2D eigenvalue weighted by Crippen LogP contribution is 2.29. The number of halogens is 2. The van der Waals surface area contributed by atoms with E-state index in [0.717, 1.165) is 49.2 Å². The van der Waals surface area contributed by atoms with Gasteiger partial charge in [-0.05, 0) is 42.3 Å². The Morgan fingerprint density at radius 1 is 1.10 bits per heavy atom. The molecule has 0 unspecified atom stereocenters. The van der Waals surface area contributed by atoms with E-state index in [1.54, 1.807) is 0 Å². The molecule has 0 saturated carbocycles. The van der Waals surface area contributed by atoms with E-state index in [2.05, 4.69) is 26.4 Å². The van der Waals surface area contributed by atoms with E-state index in [9.17, 15) is 8.78 Å². The van der Waals surface area contributed by atoms with Crippen LogP contribution in [0.3, 0.4) is 0 Å². The zero-order chi connectivity index (χ0) is 21.4. The van der Waals surface area contributed by atoms with Gasteiger partial charge in [0.05, 0.1) is 37.7 Å². The first-order valence-corrected chi connectivity index (χ1v) is 10.2. The van der Waals surface area contributed by atoms with Crippen molar-refractivity contribution in [2.75, 3.05) is 38.2 Å². The van der Waals surface area contributed by atoms with Gasteiger partial charge in [0, 0.05) is 26.3 Å². The van der Waals surface area contributed by atoms with Crippen molar-refractivity contribution in [3.63, 3.8) is 0 Å². The Morgan fingerprint density at radius 3 is 2.65 bits per heavy atom. The van der Waals surface area contributed by atoms with E-state index >= 15 is 0 Å². The first kappa shape index (κ1) is 20.0. The first-order valence-electron chi connectivity index (χ1n) is 10.2. The van der Waals surface area contributed by atoms with Crippen LogP contribution < -0.4 is 5.32 Å². The molecular formula is C22H25F2N5O2. The number of morpholine rings is 1. The van der Waals surface area contributed by atoms with E-state index in [1.807, 2.05) is 19.1 Å². The fourth-order valence-corrected chi connectivity index (χ4v) is 3.95. The topological polar surface area (TPSA) is 64.4 Å². The zero-order valence-corrected chi connectivity index (χ0v) is 17.1. The van der Waals surface area contributed by atoms with Crippen LogP contribution in [0.15, 0.2) is 42.7 Å². The van der Waals surface area contributed by atoms with E-state index in [0.29, 0.717) is 18.6 Å². The molecule has 0 bridgehead atoms. The van der Waals surface area contributed by atoms with E-state index in [4.69, 9.17) is 9.47 Å². The summed E-state index contributed by atoms with van der Waals surface area (Å²) in [6, 6.07) is 9.85. The lowest BCUT2D eigenvalue weighted by Crippen LogP contribution is -2.53. The van der Waals surface area contributed by atoms with Crippen LogP contribution in [0, 0.1) is 18.6 Å². The summed E-state index contributed by atoms with van der Waals surface area (Å²) in [5.74, 6) is -1.00. The number of benzene rings is 2. The van der Waals surface area contributed by atoms with Crippen molar-refractivity contribution >= 4 is 11.6 Å². The molecule has 5 rings (SSSR count). The number of nitrogens with zero attached hydrogens (tertiary/aromatic N) is 4. The summed E-state index contributed by atoms with van der Waals surface area (Å²) in [6.45, 7) is 6.04.